The maximum atomic E-state index is 9.59. The van der Waals surface area contributed by atoms with E-state index in [2.05, 4.69) is 0 Å². The Balaban J connectivity index is 0.00000169. The molecule has 0 saturated carbocycles. The van der Waals surface area contributed by atoms with Crippen molar-refractivity contribution in [1.82, 2.24) is 4.90 Å². The van der Waals surface area contributed by atoms with Gasteiger partial charge in [-0.05, 0) is 26.6 Å². The fourth-order valence-corrected chi connectivity index (χ4v) is 1.66. The summed E-state index contributed by atoms with van der Waals surface area (Å²) in [5.74, 6) is 0. The van der Waals surface area contributed by atoms with Crippen LogP contribution in [-0.4, -0.2) is 30.2 Å². The van der Waals surface area contributed by atoms with Crippen LogP contribution >= 0.6 is 12.4 Å². The first-order chi connectivity index (χ1) is 6.13. The summed E-state index contributed by atoms with van der Waals surface area (Å²) in [5, 5.41) is 9.59. The van der Waals surface area contributed by atoms with Crippen LogP contribution in [0, 0.1) is 0 Å². The predicted octanol–water partition coefficient (Wildman–Crippen LogP) is 2.09. The lowest BCUT2D eigenvalue weighted by molar-refractivity contribution is 0.0906. The average Bonchev–Trinajstić information content (AvgIpc) is 2.04. The summed E-state index contributed by atoms with van der Waals surface area (Å²) in [6, 6.07) is 10.1. The molecule has 0 heterocycles. The molecule has 0 aromatic heterocycles. The number of hydrogen-bond donors (Lipinski definition) is 1. The summed E-state index contributed by atoms with van der Waals surface area (Å²) in [6.07, 6.45) is -0.350. The molecule has 0 fully saturated rings. The Kier molecular flexibility index (Phi) is 5.77. The van der Waals surface area contributed by atoms with Gasteiger partial charge in [-0.1, -0.05) is 30.3 Å². The zero-order chi connectivity index (χ0) is 9.84. The molecular formula is C11H18ClNO. The number of benzene rings is 1. The van der Waals surface area contributed by atoms with E-state index in [9.17, 15) is 5.11 Å². The fraction of sp³-hybridized carbons (Fsp3) is 0.455. The smallest absolute Gasteiger partial charge is 0.0708 e. The van der Waals surface area contributed by atoms with Crippen LogP contribution < -0.4 is 0 Å². The minimum Gasteiger partial charge on any atom is -0.391 e. The largest absolute Gasteiger partial charge is 0.391 e. The molecule has 3 heteroatoms. The van der Waals surface area contributed by atoms with Crippen LogP contribution in [0.5, 0.6) is 0 Å². The van der Waals surface area contributed by atoms with E-state index in [-0.39, 0.29) is 24.6 Å². The average molecular weight is 216 g/mol. The lowest BCUT2D eigenvalue weighted by atomic mass is 10.0. The molecule has 80 valence electrons. The van der Waals surface area contributed by atoms with Gasteiger partial charge >= 0.3 is 0 Å². The predicted molar refractivity (Wildman–Crippen MR) is 61.8 cm³/mol. The molecule has 0 saturated heterocycles. The third-order valence-corrected chi connectivity index (χ3v) is 2.15. The number of aliphatic hydroxyl groups is 1. The molecule has 1 rings (SSSR count). The lowest BCUT2D eigenvalue weighted by Crippen LogP contribution is -2.29. The van der Waals surface area contributed by atoms with E-state index in [1.54, 1.807) is 0 Å². The van der Waals surface area contributed by atoms with Gasteiger partial charge in [0.1, 0.15) is 0 Å². The monoisotopic (exact) mass is 215 g/mol. The number of aliphatic hydroxyl groups excluding tert-OH is 1. The summed E-state index contributed by atoms with van der Waals surface area (Å²) in [5.41, 5.74) is 1.16. The maximum absolute atomic E-state index is 9.59. The SMILES string of the molecule is CC(O)C(c1ccccc1)N(C)C.Cl. The second kappa shape index (κ2) is 6.02. The van der Waals surface area contributed by atoms with Crippen molar-refractivity contribution in [3.63, 3.8) is 0 Å². The standard InChI is InChI=1S/C11H17NO.ClH/c1-9(13)11(12(2)3)10-7-5-4-6-8-10;/h4-9,11,13H,1-3H3;1H. The van der Waals surface area contributed by atoms with Crippen molar-refractivity contribution >= 4 is 12.4 Å². The van der Waals surface area contributed by atoms with Gasteiger partial charge in [0.05, 0.1) is 12.1 Å². The maximum Gasteiger partial charge on any atom is 0.0708 e. The Bertz CT molecular complexity index is 241. The highest BCUT2D eigenvalue weighted by Crippen LogP contribution is 2.21. The molecule has 0 amide bonds. The quantitative estimate of drug-likeness (QED) is 0.835. The van der Waals surface area contributed by atoms with Gasteiger partial charge in [-0.3, -0.25) is 0 Å². The van der Waals surface area contributed by atoms with Gasteiger partial charge in [0, 0.05) is 0 Å². The van der Waals surface area contributed by atoms with Crippen LogP contribution in [0.3, 0.4) is 0 Å². The van der Waals surface area contributed by atoms with E-state index in [0.717, 1.165) is 5.56 Å². The number of likely N-dealkylation sites (N-methyl/N-ethyl adjacent to an activating group) is 1. The highest BCUT2D eigenvalue weighted by atomic mass is 35.5. The molecule has 2 nitrogen and oxygen atoms in total. The fourth-order valence-electron chi connectivity index (χ4n) is 1.66. The molecule has 2 unspecified atom stereocenters. The van der Waals surface area contributed by atoms with E-state index in [0.29, 0.717) is 0 Å². The third-order valence-electron chi connectivity index (χ3n) is 2.15. The molecule has 1 aromatic rings. The molecule has 1 N–H and O–H groups in total. The third kappa shape index (κ3) is 3.29. The van der Waals surface area contributed by atoms with E-state index in [1.165, 1.54) is 0 Å². The number of halogens is 1. The van der Waals surface area contributed by atoms with Gasteiger partial charge in [0.2, 0.25) is 0 Å². The van der Waals surface area contributed by atoms with Crippen molar-refractivity contribution in [2.24, 2.45) is 0 Å². The first-order valence-corrected chi connectivity index (χ1v) is 4.52. The van der Waals surface area contributed by atoms with E-state index in [1.807, 2.05) is 56.3 Å². The van der Waals surface area contributed by atoms with Crippen molar-refractivity contribution in [3.05, 3.63) is 35.9 Å². The first kappa shape index (κ1) is 13.4. The summed E-state index contributed by atoms with van der Waals surface area (Å²) < 4.78 is 0. The Labute approximate surface area is 92.0 Å². The lowest BCUT2D eigenvalue weighted by Gasteiger charge is -2.27. The molecular weight excluding hydrogens is 198 g/mol. The summed E-state index contributed by atoms with van der Waals surface area (Å²) in [7, 11) is 3.95. The Morgan fingerprint density at radius 1 is 1.14 bits per heavy atom. The van der Waals surface area contributed by atoms with Gasteiger partial charge in [-0.2, -0.15) is 0 Å². The van der Waals surface area contributed by atoms with Gasteiger partial charge in [0.15, 0.2) is 0 Å². The zero-order valence-electron chi connectivity index (χ0n) is 8.84. The molecule has 0 radical (unpaired) electrons. The Morgan fingerprint density at radius 3 is 2.00 bits per heavy atom. The molecule has 0 aliphatic heterocycles. The normalized spacial score (nSPS) is 14.6. The summed E-state index contributed by atoms with van der Waals surface area (Å²) >= 11 is 0. The van der Waals surface area contributed by atoms with E-state index < -0.39 is 0 Å². The highest BCUT2D eigenvalue weighted by Gasteiger charge is 2.18. The molecule has 1 aromatic carbocycles. The summed E-state index contributed by atoms with van der Waals surface area (Å²) in [6.45, 7) is 1.82. The Hall–Kier alpha value is -0.570. The molecule has 0 spiro atoms. The van der Waals surface area contributed by atoms with Crippen LogP contribution in [0.15, 0.2) is 30.3 Å². The minimum absolute atomic E-state index is 0. The van der Waals surface area contributed by atoms with Crippen molar-refractivity contribution in [2.45, 2.75) is 19.1 Å². The molecule has 0 bridgehead atoms. The van der Waals surface area contributed by atoms with Crippen LogP contribution in [0.4, 0.5) is 0 Å². The van der Waals surface area contributed by atoms with Crippen LogP contribution in [0.25, 0.3) is 0 Å². The van der Waals surface area contributed by atoms with E-state index in [4.69, 9.17) is 0 Å². The number of nitrogens with zero attached hydrogens (tertiary/aromatic N) is 1. The van der Waals surface area contributed by atoms with Gasteiger partial charge in [-0.25, -0.2) is 0 Å². The number of rotatable bonds is 3. The van der Waals surface area contributed by atoms with Crippen molar-refractivity contribution < 1.29 is 5.11 Å². The second-order valence-corrected chi connectivity index (χ2v) is 3.56. The van der Waals surface area contributed by atoms with Crippen LogP contribution in [0.1, 0.15) is 18.5 Å². The zero-order valence-corrected chi connectivity index (χ0v) is 9.66. The molecule has 0 aliphatic carbocycles. The van der Waals surface area contributed by atoms with Crippen molar-refractivity contribution in [1.29, 1.82) is 0 Å². The van der Waals surface area contributed by atoms with E-state index >= 15 is 0 Å². The highest BCUT2D eigenvalue weighted by molar-refractivity contribution is 5.85. The second-order valence-electron chi connectivity index (χ2n) is 3.56. The summed E-state index contributed by atoms with van der Waals surface area (Å²) in [4.78, 5) is 2.03. The van der Waals surface area contributed by atoms with Crippen molar-refractivity contribution in [2.75, 3.05) is 14.1 Å². The van der Waals surface area contributed by atoms with Gasteiger partial charge in [0.25, 0.3) is 0 Å². The topological polar surface area (TPSA) is 23.5 Å². The number of hydrogen-bond acceptors (Lipinski definition) is 2. The molecule has 14 heavy (non-hydrogen) atoms. The van der Waals surface area contributed by atoms with Gasteiger partial charge in [-0.15, -0.1) is 12.4 Å². The first-order valence-electron chi connectivity index (χ1n) is 4.52. The molecule has 0 aliphatic rings. The van der Waals surface area contributed by atoms with Crippen LogP contribution in [0.2, 0.25) is 0 Å². The molecule has 2 atom stereocenters. The van der Waals surface area contributed by atoms with Crippen molar-refractivity contribution in [3.8, 4) is 0 Å². The minimum atomic E-state index is -0.350. The van der Waals surface area contributed by atoms with Gasteiger partial charge < -0.3 is 10.0 Å². The Morgan fingerprint density at radius 2 is 1.64 bits per heavy atom. The van der Waals surface area contributed by atoms with Crippen LogP contribution in [-0.2, 0) is 0 Å².